The average molecular weight is 184 g/mol. The Balaban J connectivity index is 2.52. The first-order chi connectivity index (χ1) is 6.07. The molecule has 1 heterocycles. The van der Waals surface area contributed by atoms with Gasteiger partial charge in [0.2, 0.25) is 0 Å². The summed E-state index contributed by atoms with van der Waals surface area (Å²) in [6.07, 6.45) is 1.91. The largest absolute Gasteiger partial charge is 0.347 e. The van der Waals surface area contributed by atoms with Crippen LogP contribution in [0.5, 0.6) is 0 Å². The highest BCUT2D eigenvalue weighted by atomic mass is 16.7. The van der Waals surface area contributed by atoms with Gasteiger partial charge in [-0.3, -0.25) is 0 Å². The minimum absolute atomic E-state index is 0.334. The lowest BCUT2D eigenvalue weighted by molar-refractivity contribution is -0.191. The van der Waals surface area contributed by atoms with E-state index in [1.807, 2.05) is 6.92 Å². The molecule has 0 radical (unpaired) electrons. The molecule has 1 aliphatic rings. The van der Waals surface area contributed by atoms with Crippen LogP contribution in [0.1, 0.15) is 33.6 Å². The van der Waals surface area contributed by atoms with Crippen molar-refractivity contribution in [1.29, 1.82) is 0 Å². The van der Waals surface area contributed by atoms with Gasteiger partial charge in [-0.15, -0.1) is 6.58 Å². The fourth-order valence-electron chi connectivity index (χ4n) is 1.62. The highest BCUT2D eigenvalue weighted by Gasteiger charge is 2.39. The van der Waals surface area contributed by atoms with Crippen molar-refractivity contribution in [2.45, 2.75) is 39.4 Å². The zero-order valence-electron chi connectivity index (χ0n) is 8.93. The van der Waals surface area contributed by atoms with E-state index in [4.69, 9.17) is 9.47 Å². The van der Waals surface area contributed by atoms with Crippen molar-refractivity contribution in [3.8, 4) is 0 Å². The van der Waals surface area contributed by atoms with Crippen molar-refractivity contribution in [3.05, 3.63) is 12.2 Å². The SMILES string of the molecule is C=C(C)CCC1(C(C)C)OCCO1. The molecule has 1 aliphatic heterocycles. The second kappa shape index (κ2) is 4.25. The van der Waals surface area contributed by atoms with E-state index in [1.165, 1.54) is 5.57 Å². The molecule has 0 saturated carbocycles. The van der Waals surface area contributed by atoms with Crippen LogP contribution in [0.15, 0.2) is 12.2 Å². The zero-order chi connectivity index (χ0) is 9.90. The van der Waals surface area contributed by atoms with E-state index in [-0.39, 0.29) is 5.79 Å². The third-order valence-corrected chi connectivity index (χ3v) is 2.56. The number of rotatable bonds is 4. The van der Waals surface area contributed by atoms with Crippen LogP contribution >= 0.6 is 0 Å². The molecule has 0 atom stereocenters. The van der Waals surface area contributed by atoms with E-state index in [2.05, 4.69) is 20.4 Å². The normalized spacial score (nSPS) is 20.9. The van der Waals surface area contributed by atoms with Crippen molar-refractivity contribution < 1.29 is 9.47 Å². The molecule has 0 amide bonds. The van der Waals surface area contributed by atoms with Crippen LogP contribution in [0, 0.1) is 5.92 Å². The minimum Gasteiger partial charge on any atom is -0.347 e. The van der Waals surface area contributed by atoms with Crippen LogP contribution in [0.4, 0.5) is 0 Å². The number of allylic oxidation sites excluding steroid dienone is 1. The van der Waals surface area contributed by atoms with Crippen LogP contribution < -0.4 is 0 Å². The first-order valence-corrected chi connectivity index (χ1v) is 4.99. The van der Waals surface area contributed by atoms with Crippen LogP contribution in [-0.2, 0) is 9.47 Å². The maximum absolute atomic E-state index is 5.69. The molecule has 2 heteroatoms. The zero-order valence-corrected chi connectivity index (χ0v) is 8.93. The molecule has 0 aromatic rings. The molecule has 13 heavy (non-hydrogen) atoms. The summed E-state index contributed by atoms with van der Waals surface area (Å²) in [7, 11) is 0. The molecule has 76 valence electrons. The van der Waals surface area contributed by atoms with Gasteiger partial charge in [-0.05, 0) is 13.3 Å². The second-order valence-electron chi connectivity index (χ2n) is 4.12. The van der Waals surface area contributed by atoms with Crippen LogP contribution in [0.2, 0.25) is 0 Å². The third-order valence-electron chi connectivity index (χ3n) is 2.56. The Morgan fingerprint density at radius 2 is 1.92 bits per heavy atom. The maximum atomic E-state index is 5.69. The Morgan fingerprint density at radius 3 is 2.31 bits per heavy atom. The fraction of sp³-hybridized carbons (Fsp3) is 0.818. The summed E-state index contributed by atoms with van der Waals surface area (Å²) < 4.78 is 11.4. The van der Waals surface area contributed by atoms with Gasteiger partial charge in [0.15, 0.2) is 5.79 Å². The lowest BCUT2D eigenvalue weighted by Gasteiger charge is -2.31. The van der Waals surface area contributed by atoms with Crippen molar-refractivity contribution in [2.75, 3.05) is 13.2 Å². The quantitative estimate of drug-likeness (QED) is 0.625. The number of hydrogen-bond acceptors (Lipinski definition) is 2. The van der Waals surface area contributed by atoms with E-state index in [0.29, 0.717) is 5.92 Å². The first-order valence-electron chi connectivity index (χ1n) is 4.99. The van der Waals surface area contributed by atoms with Gasteiger partial charge < -0.3 is 9.47 Å². The molecule has 1 rings (SSSR count). The van der Waals surface area contributed by atoms with Gasteiger partial charge in [-0.25, -0.2) is 0 Å². The summed E-state index contributed by atoms with van der Waals surface area (Å²) in [5, 5.41) is 0. The molecule has 1 fully saturated rings. The predicted octanol–water partition coefficient (Wildman–Crippen LogP) is 2.74. The lowest BCUT2D eigenvalue weighted by Crippen LogP contribution is -2.36. The van der Waals surface area contributed by atoms with Crippen molar-refractivity contribution >= 4 is 0 Å². The summed E-state index contributed by atoms with van der Waals surface area (Å²) in [5.74, 6) is 0.0771. The molecule has 0 unspecified atom stereocenters. The van der Waals surface area contributed by atoms with E-state index in [0.717, 1.165) is 26.1 Å². The smallest absolute Gasteiger partial charge is 0.171 e. The highest BCUT2D eigenvalue weighted by Crippen LogP contribution is 2.33. The van der Waals surface area contributed by atoms with E-state index < -0.39 is 0 Å². The molecule has 0 aliphatic carbocycles. The number of ether oxygens (including phenoxy) is 2. The Morgan fingerprint density at radius 1 is 1.38 bits per heavy atom. The van der Waals surface area contributed by atoms with Crippen molar-refractivity contribution in [2.24, 2.45) is 5.92 Å². The van der Waals surface area contributed by atoms with E-state index >= 15 is 0 Å². The van der Waals surface area contributed by atoms with E-state index in [1.54, 1.807) is 0 Å². The highest BCUT2D eigenvalue weighted by molar-refractivity contribution is 4.91. The molecule has 0 aromatic carbocycles. The van der Waals surface area contributed by atoms with Crippen LogP contribution in [-0.4, -0.2) is 19.0 Å². The van der Waals surface area contributed by atoms with Gasteiger partial charge in [0.25, 0.3) is 0 Å². The van der Waals surface area contributed by atoms with Gasteiger partial charge in [0.05, 0.1) is 13.2 Å². The molecule has 0 bridgehead atoms. The molecule has 0 spiro atoms. The second-order valence-corrected chi connectivity index (χ2v) is 4.12. The third kappa shape index (κ3) is 2.55. The lowest BCUT2D eigenvalue weighted by atomic mass is 9.96. The van der Waals surface area contributed by atoms with Crippen LogP contribution in [0.25, 0.3) is 0 Å². The Kier molecular flexibility index (Phi) is 3.51. The summed E-state index contributed by atoms with van der Waals surface area (Å²) in [5.41, 5.74) is 1.19. The Labute approximate surface area is 80.9 Å². The molecular formula is C11H20O2. The standard InChI is InChI=1S/C11H20O2/c1-9(2)5-6-11(10(3)4)12-7-8-13-11/h10H,1,5-8H2,2-4H3. The summed E-state index contributed by atoms with van der Waals surface area (Å²) in [4.78, 5) is 0. The Hall–Kier alpha value is -0.340. The molecular weight excluding hydrogens is 164 g/mol. The fourth-order valence-corrected chi connectivity index (χ4v) is 1.62. The number of hydrogen-bond donors (Lipinski definition) is 0. The minimum atomic E-state index is -0.334. The van der Waals surface area contributed by atoms with Gasteiger partial charge in [0.1, 0.15) is 0 Å². The first kappa shape index (κ1) is 10.7. The summed E-state index contributed by atoms with van der Waals surface area (Å²) >= 11 is 0. The van der Waals surface area contributed by atoms with Gasteiger partial charge in [0, 0.05) is 12.3 Å². The molecule has 1 saturated heterocycles. The summed E-state index contributed by atoms with van der Waals surface area (Å²) in [6.45, 7) is 11.7. The molecule has 0 N–H and O–H groups in total. The van der Waals surface area contributed by atoms with Gasteiger partial charge >= 0.3 is 0 Å². The molecule has 0 aromatic heterocycles. The average Bonchev–Trinajstić information content (AvgIpc) is 2.50. The Bertz CT molecular complexity index is 179. The van der Waals surface area contributed by atoms with E-state index in [9.17, 15) is 0 Å². The predicted molar refractivity (Wildman–Crippen MR) is 53.5 cm³/mol. The molecule has 2 nitrogen and oxygen atoms in total. The monoisotopic (exact) mass is 184 g/mol. The van der Waals surface area contributed by atoms with Gasteiger partial charge in [-0.2, -0.15) is 0 Å². The summed E-state index contributed by atoms with van der Waals surface area (Å²) in [6, 6.07) is 0. The van der Waals surface area contributed by atoms with Gasteiger partial charge in [-0.1, -0.05) is 19.4 Å². The maximum Gasteiger partial charge on any atom is 0.171 e. The topological polar surface area (TPSA) is 18.5 Å². The van der Waals surface area contributed by atoms with Crippen LogP contribution in [0.3, 0.4) is 0 Å². The van der Waals surface area contributed by atoms with Crippen molar-refractivity contribution in [1.82, 2.24) is 0 Å². The van der Waals surface area contributed by atoms with Crippen molar-refractivity contribution in [3.63, 3.8) is 0 Å².